The molecule has 1 aliphatic carbocycles. The maximum Gasteiger partial charge on any atom is 0.229 e. The van der Waals surface area contributed by atoms with E-state index in [1.165, 1.54) is 12.8 Å². The monoisotopic (exact) mass is 152 g/mol. The van der Waals surface area contributed by atoms with Crippen LogP contribution < -0.4 is 0 Å². The Bertz CT molecular complexity index is 252. The molecule has 1 fully saturated rings. The molecule has 3 heteroatoms. The standard InChI is InChI=1S/C8H12N2O/c1-5(7-3-4-7)8-9-6(2)10-11-8/h5,7H,3-4H2,1-2H3/t5-/m1/s1. The van der Waals surface area contributed by atoms with E-state index in [2.05, 4.69) is 17.1 Å². The molecule has 0 spiro atoms. The predicted molar refractivity (Wildman–Crippen MR) is 40.2 cm³/mol. The highest BCUT2D eigenvalue weighted by atomic mass is 16.5. The largest absolute Gasteiger partial charge is 0.339 e. The minimum Gasteiger partial charge on any atom is -0.339 e. The minimum absolute atomic E-state index is 0.469. The fourth-order valence-corrected chi connectivity index (χ4v) is 1.30. The van der Waals surface area contributed by atoms with Crippen molar-refractivity contribution < 1.29 is 4.52 Å². The van der Waals surface area contributed by atoms with E-state index in [0.29, 0.717) is 5.92 Å². The minimum atomic E-state index is 0.469. The SMILES string of the molecule is Cc1noc([C@H](C)C2CC2)n1. The van der Waals surface area contributed by atoms with Crippen molar-refractivity contribution in [1.29, 1.82) is 0 Å². The van der Waals surface area contributed by atoms with Crippen LogP contribution in [0.1, 0.15) is 37.4 Å². The molecule has 1 aromatic heterocycles. The molecule has 2 rings (SSSR count). The Hall–Kier alpha value is -0.860. The number of hydrogen-bond donors (Lipinski definition) is 0. The van der Waals surface area contributed by atoms with Gasteiger partial charge < -0.3 is 4.52 Å². The maximum absolute atomic E-state index is 5.07. The van der Waals surface area contributed by atoms with Crippen LogP contribution >= 0.6 is 0 Å². The summed E-state index contributed by atoms with van der Waals surface area (Å²) in [6.07, 6.45) is 2.64. The Kier molecular flexibility index (Phi) is 1.44. The molecule has 0 aliphatic heterocycles. The van der Waals surface area contributed by atoms with Gasteiger partial charge in [0.2, 0.25) is 5.89 Å². The van der Waals surface area contributed by atoms with Crippen LogP contribution in [0.3, 0.4) is 0 Å². The molecule has 60 valence electrons. The summed E-state index contributed by atoms with van der Waals surface area (Å²) in [7, 11) is 0. The normalized spacial score (nSPS) is 20.2. The second kappa shape index (κ2) is 2.32. The van der Waals surface area contributed by atoms with E-state index in [9.17, 15) is 0 Å². The maximum atomic E-state index is 5.07. The van der Waals surface area contributed by atoms with Crippen molar-refractivity contribution in [3.05, 3.63) is 11.7 Å². The highest BCUT2D eigenvalue weighted by molar-refractivity contribution is 4.98. The van der Waals surface area contributed by atoms with Crippen LogP contribution in [0.25, 0.3) is 0 Å². The van der Waals surface area contributed by atoms with Gasteiger partial charge in [-0.1, -0.05) is 12.1 Å². The topological polar surface area (TPSA) is 38.9 Å². The van der Waals surface area contributed by atoms with Crippen LogP contribution in [-0.2, 0) is 0 Å². The van der Waals surface area contributed by atoms with Gasteiger partial charge in [-0.2, -0.15) is 4.98 Å². The van der Waals surface area contributed by atoms with Crippen LogP contribution in [0.5, 0.6) is 0 Å². The molecule has 0 amide bonds. The number of aryl methyl sites for hydroxylation is 1. The summed E-state index contributed by atoms with van der Waals surface area (Å²) < 4.78 is 5.07. The summed E-state index contributed by atoms with van der Waals surface area (Å²) in [5.41, 5.74) is 0. The molecule has 1 heterocycles. The van der Waals surface area contributed by atoms with Gasteiger partial charge in [0.1, 0.15) is 0 Å². The van der Waals surface area contributed by atoms with Gasteiger partial charge in [-0.05, 0) is 25.7 Å². The Labute approximate surface area is 65.8 Å². The summed E-state index contributed by atoms with van der Waals surface area (Å²) in [6.45, 7) is 4.01. The first-order valence-corrected chi connectivity index (χ1v) is 4.07. The third-order valence-electron chi connectivity index (χ3n) is 2.26. The van der Waals surface area contributed by atoms with Crippen LogP contribution in [0.4, 0.5) is 0 Å². The highest BCUT2D eigenvalue weighted by Crippen LogP contribution is 2.41. The smallest absolute Gasteiger partial charge is 0.229 e. The fourth-order valence-electron chi connectivity index (χ4n) is 1.30. The lowest BCUT2D eigenvalue weighted by atomic mass is 10.1. The number of nitrogens with zero attached hydrogens (tertiary/aromatic N) is 2. The van der Waals surface area contributed by atoms with E-state index in [1.807, 2.05) is 6.92 Å². The zero-order valence-electron chi connectivity index (χ0n) is 6.87. The van der Waals surface area contributed by atoms with E-state index in [4.69, 9.17) is 4.52 Å². The van der Waals surface area contributed by atoms with Crippen LogP contribution in [0.2, 0.25) is 0 Å². The molecule has 1 aliphatic rings. The van der Waals surface area contributed by atoms with Crippen molar-refractivity contribution in [3.8, 4) is 0 Å². The van der Waals surface area contributed by atoms with E-state index < -0.39 is 0 Å². The zero-order valence-corrected chi connectivity index (χ0v) is 6.87. The van der Waals surface area contributed by atoms with Gasteiger partial charge in [0.05, 0.1) is 0 Å². The first-order valence-electron chi connectivity index (χ1n) is 4.07. The van der Waals surface area contributed by atoms with E-state index >= 15 is 0 Å². The van der Waals surface area contributed by atoms with E-state index in [0.717, 1.165) is 17.6 Å². The van der Waals surface area contributed by atoms with Crippen molar-refractivity contribution in [2.75, 3.05) is 0 Å². The Morgan fingerprint density at radius 2 is 2.27 bits per heavy atom. The molecule has 0 radical (unpaired) electrons. The number of hydrogen-bond acceptors (Lipinski definition) is 3. The third-order valence-corrected chi connectivity index (χ3v) is 2.26. The van der Waals surface area contributed by atoms with E-state index in [-0.39, 0.29) is 0 Å². The molecule has 0 bridgehead atoms. The molecular weight excluding hydrogens is 140 g/mol. The molecule has 1 atom stereocenters. The lowest BCUT2D eigenvalue weighted by Crippen LogP contribution is -1.95. The lowest BCUT2D eigenvalue weighted by molar-refractivity contribution is 0.346. The van der Waals surface area contributed by atoms with Crippen molar-refractivity contribution >= 4 is 0 Å². The van der Waals surface area contributed by atoms with Crippen LogP contribution in [0, 0.1) is 12.8 Å². The molecule has 1 aromatic rings. The highest BCUT2D eigenvalue weighted by Gasteiger charge is 2.32. The van der Waals surface area contributed by atoms with E-state index in [1.54, 1.807) is 0 Å². The van der Waals surface area contributed by atoms with Gasteiger partial charge >= 0.3 is 0 Å². The molecule has 0 saturated heterocycles. The van der Waals surface area contributed by atoms with Gasteiger partial charge in [-0.15, -0.1) is 0 Å². The second-order valence-corrected chi connectivity index (χ2v) is 3.31. The second-order valence-electron chi connectivity index (χ2n) is 3.31. The number of aromatic nitrogens is 2. The summed E-state index contributed by atoms with van der Waals surface area (Å²) in [5, 5.41) is 3.76. The molecule has 0 aromatic carbocycles. The van der Waals surface area contributed by atoms with Gasteiger partial charge in [-0.25, -0.2) is 0 Å². The summed E-state index contributed by atoms with van der Waals surface area (Å²) in [5.74, 6) is 2.82. The third kappa shape index (κ3) is 1.27. The lowest BCUT2D eigenvalue weighted by Gasteiger charge is -2.00. The van der Waals surface area contributed by atoms with Crippen molar-refractivity contribution in [2.45, 2.75) is 32.6 Å². The predicted octanol–water partition coefficient (Wildman–Crippen LogP) is 1.89. The Morgan fingerprint density at radius 3 is 2.73 bits per heavy atom. The zero-order chi connectivity index (χ0) is 7.84. The average molecular weight is 152 g/mol. The average Bonchev–Trinajstić information content (AvgIpc) is 2.74. The van der Waals surface area contributed by atoms with Crippen molar-refractivity contribution in [1.82, 2.24) is 10.1 Å². The summed E-state index contributed by atoms with van der Waals surface area (Å²) >= 11 is 0. The van der Waals surface area contributed by atoms with Gasteiger partial charge in [0, 0.05) is 5.92 Å². The fraction of sp³-hybridized carbons (Fsp3) is 0.750. The summed E-state index contributed by atoms with van der Waals surface area (Å²) in [6, 6.07) is 0. The first kappa shape index (κ1) is 6.83. The molecule has 0 unspecified atom stereocenters. The molecular formula is C8H12N2O. The number of rotatable bonds is 2. The van der Waals surface area contributed by atoms with Gasteiger partial charge in [0.25, 0.3) is 0 Å². The Balaban J connectivity index is 2.14. The van der Waals surface area contributed by atoms with Crippen molar-refractivity contribution in [2.24, 2.45) is 5.92 Å². The molecule has 1 saturated carbocycles. The molecule has 11 heavy (non-hydrogen) atoms. The first-order chi connectivity index (χ1) is 5.27. The Morgan fingerprint density at radius 1 is 1.55 bits per heavy atom. The van der Waals surface area contributed by atoms with Gasteiger partial charge in [-0.3, -0.25) is 0 Å². The molecule has 3 nitrogen and oxygen atoms in total. The quantitative estimate of drug-likeness (QED) is 0.649. The van der Waals surface area contributed by atoms with Crippen molar-refractivity contribution in [3.63, 3.8) is 0 Å². The van der Waals surface area contributed by atoms with Crippen LogP contribution in [0.15, 0.2) is 4.52 Å². The summed E-state index contributed by atoms with van der Waals surface area (Å²) in [4.78, 5) is 4.19. The van der Waals surface area contributed by atoms with Gasteiger partial charge in [0.15, 0.2) is 5.82 Å². The molecule has 0 N–H and O–H groups in total. The van der Waals surface area contributed by atoms with Crippen LogP contribution in [-0.4, -0.2) is 10.1 Å².